The third-order valence-electron chi connectivity index (χ3n) is 2.79. The SMILES string of the molecule is CCc1nc2n(n1)CC(C(F)(F)F)CC2N. The first-order chi connectivity index (χ1) is 7.41. The minimum atomic E-state index is -4.21. The fourth-order valence-corrected chi connectivity index (χ4v) is 1.89. The molecule has 0 fully saturated rings. The Balaban J connectivity index is 2.28. The van der Waals surface area contributed by atoms with Gasteiger partial charge < -0.3 is 5.73 Å². The van der Waals surface area contributed by atoms with E-state index in [4.69, 9.17) is 5.73 Å². The molecule has 0 aromatic carbocycles. The summed E-state index contributed by atoms with van der Waals surface area (Å²) in [5.41, 5.74) is 5.68. The zero-order valence-corrected chi connectivity index (χ0v) is 8.83. The van der Waals surface area contributed by atoms with Gasteiger partial charge in [0.05, 0.1) is 18.5 Å². The van der Waals surface area contributed by atoms with Gasteiger partial charge in [0.1, 0.15) is 5.82 Å². The molecule has 90 valence electrons. The lowest BCUT2D eigenvalue weighted by Gasteiger charge is -2.28. The van der Waals surface area contributed by atoms with Gasteiger partial charge in [-0.2, -0.15) is 18.3 Å². The lowest BCUT2D eigenvalue weighted by Crippen LogP contribution is -2.37. The summed E-state index contributed by atoms with van der Waals surface area (Å²) in [7, 11) is 0. The van der Waals surface area contributed by atoms with Gasteiger partial charge in [0.2, 0.25) is 0 Å². The molecule has 0 saturated carbocycles. The molecule has 2 N–H and O–H groups in total. The Morgan fingerprint density at radius 2 is 2.19 bits per heavy atom. The molecule has 2 heterocycles. The van der Waals surface area contributed by atoms with Crippen molar-refractivity contribution in [3.05, 3.63) is 11.6 Å². The predicted octanol–water partition coefficient (Wildman–Crippen LogP) is 1.42. The van der Waals surface area contributed by atoms with Crippen molar-refractivity contribution in [2.45, 2.75) is 38.5 Å². The molecule has 0 saturated heterocycles. The summed E-state index contributed by atoms with van der Waals surface area (Å²) in [5, 5.41) is 4.01. The van der Waals surface area contributed by atoms with Gasteiger partial charge in [-0.1, -0.05) is 6.92 Å². The Kier molecular flexibility index (Phi) is 2.65. The maximum absolute atomic E-state index is 12.6. The highest BCUT2D eigenvalue weighted by Crippen LogP contribution is 2.36. The topological polar surface area (TPSA) is 56.7 Å². The van der Waals surface area contributed by atoms with Crippen LogP contribution in [0.1, 0.15) is 31.0 Å². The fraction of sp³-hybridized carbons (Fsp3) is 0.778. The zero-order chi connectivity index (χ0) is 11.9. The summed E-state index contributed by atoms with van der Waals surface area (Å²) in [6.07, 6.45) is -3.72. The number of hydrogen-bond donors (Lipinski definition) is 1. The maximum Gasteiger partial charge on any atom is 0.393 e. The number of halogens is 3. The Morgan fingerprint density at radius 3 is 2.75 bits per heavy atom. The average Bonchev–Trinajstić information content (AvgIpc) is 2.59. The van der Waals surface area contributed by atoms with E-state index >= 15 is 0 Å². The molecular formula is C9H13F3N4. The number of aryl methyl sites for hydroxylation is 1. The lowest BCUT2D eigenvalue weighted by atomic mass is 9.96. The molecule has 4 nitrogen and oxygen atoms in total. The molecule has 1 aliphatic heterocycles. The average molecular weight is 234 g/mol. The Hall–Kier alpha value is -1.11. The summed E-state index contributed by atoms with van der Waals surface area (Å²) in [6.45, 7) is 1.69. The largest absolute Gasteiger partial charge is 0.393 e. The van der Waals surface area contributed by atoms with Crippen molar-refractivity contribution in [1.29, 1.82) is 0 Å². The normalized spacial score (nSPS) is 25.6. The van der Waals surface area contributed by atoms with E-state index < -0.39 is 18.1 Å². The van der Waals surface area contributed by atoms with Crippen molar-refractivity contribution in [1.82, 2.24) is 14.8 Å². The second-order valence-corrected chi connectivity index (χ2v) is 4.00. The molecule has 7 heteroatoms. The zero-order valence-electron chi connectivity index (χ0n) is 8.83. The molecule has 0 aliphatic carbocycles. The van der Waals surface area contributed by atoms with Crippen molar-refractivity contribution in [2.75, 3.05) is 0 Å². The van der Waals surface area contributed by atoms with Crippen LogP contribution in [-0.2, 0) is 13.0 Å². The molecule has 1 aromatic rings. The van der Waals surface area contributed by atoms with Crippen LogP contribution in [0.5, 0.6) is 0 Å². The van der Waals surface area contributed by atoms with Crippen LogP contribution in [0.2, 0.25) is 0 Å². The third kappa shape index (κ3) is 1.91. The van der Waals surface area contributed by atoms with Crippen LogP contribution in [0.3, 0.4) is 0 Å². The summed E-state index contributed by atoms with van der Waals surface area (Å²) in [6, 6.07) is -0.673. The van der Waals surface area contributed by atoms with E-state index in [1.54, 1.807) is 0 Å². The fourth-order valence-electron chi connectivity index (χ4n) is 1.89. The molecule has 2 unspecified atom stereocenters. The van der Waals surface area contributed by atoms with Crippen LogP contribution in [-0.4, -0.2) is 20.9 Å². The first kappa shape index (κ1) is 11.4. The predicted molar refractivity (Wildman–Crippen MR) is 50.5 cm³/mol. The number of nitrogens with two attached hydrogens (primary N) is 1. The molecule has 1 aromatic heterocycles. The minimum absolute atomic E-state index is 0.106. The number of alkyl halides is 3. The van der Waals surface area contributed by atoms with Gasteiger partial charge in [-0.05, 0) is 6.42 Å². The van der Waals surface area contributed by atoms with Crippen molar-refractivity contribution in [3.8, 4) is 0 Å². The van der Waals surface area contributed by atoms with Gasteiger partial charge in [0.25, 0.3) is 0 Å². The molecular weight excluding hydrogens is 221 g/mol. The summed E-state index contributed by atoms with van der Waals surface area (Å²) in [5.74, 6) is -0.396. The first-order valence-electron chi connectivity index (χ1n) is 5.17. The molecule has 2 rings (SSSR count). The summed E-state index contributed by atoms with van der Waals surface area (Å²) in [4.78, 5) is 4.13. The van der Waals surface area contributed by atoms with Crippen molar-refractivity contribution >= 4 is 0 Å². The van der Waals surface area contributed by atoms with Crippen LogP contribution in [0.25, 0.3) is 0 Å². The summed E-state index contributed by atoms with van der Waals surface area (Å²) >= 11 is 0. The van der Waals surface area contributed by atoms with Gasteiger partial charge in [-0.25, -0.2) is 9.67 Å². The van der Waals surface area contributed by atoms with Crippen LogP contribution >= 0.6 is 0 Å². The highest BCUT2D eigenvalue weighted by atomic mass is 19.4. The highest BCUT2D eigenvalue weighted by Gasteiger charge is 2.44. The van der Waals surface area contributed by atoms with Gasteiger partial charge >= 0.3 is 6.18 Å². The van der Waals surface area contributed by atoms with Crippen LogP contribution in [0.4, 0.5) is 13.2 Å². The van der Waals surface area contributed by atoms with Crippen LogP contribution < -0.4 is 5.73 Å². The Bertz CT molecular complexity index is 385. The number of aromatic nitrogens is 3. The quantitative estimate of drug-likeness (QED) is 0.799. The lowest BCUT2D eigenvalue weighted by molar-refractivity contribution is -0.184. The van der Waals surface area contributed by atoms with E-state index in [1.165, 1.54) is 4.68 Å². The van der Waals surface area contributed by atoms with E-state index in [9.17, 15) is 13.2 Å². The van der Waals surface area contributed by atoms with E-state index in [1.807, 2.05) is 6.92 Å². The monoisotopic (exact) mass is 234 g/mol. The van der Waals surface area contributed by atoms with E-state index in [2.05, 4.69) is 10.1 Å². The molecule has 1 aliphatic rings. The number of hydrogen-bond acceptors (Lipinski definition) is 3. The van der Waals surface area contributed by atoms with Gasteiger partial charge in [0, 0.05) is 6.42 Å². The minimum Gasteiger partial charge on any atom is -0.321 e. The Morgan fingerprint density at radius 1 is 1.50 bits per heavy atom. The molecule has 0 amide bonds. The van der Waals surface area contributed by atoms with E-state index in [0.29, 0.717) is 18.1 Å². The standard InChI is InChI=1S/C9H13F3N4/c1-2-7-14-8-6(13)3-5(9(10,11)12)4-16(8)15-7/h5-6H,2-4,13H2,1H3. The molecule has 2 atom stereocenters. The van der Waals surface area contributed by atoms with Gasteiger partial charge in [0.15, 0.2) is 5.82 Å². The second-order valence-electron chi connectivity index (χ2n) is 4.00. The Labute approximate surface area is 90.6 Å². The van der Waals surface area contributed by atoms with E-state index in [-0.39, 0.29) is 13.0 Å². The van der Waals surface area contributed by atoms with Crippen molar-refractivity contribution in [2.24, 2.45) is 11.7 Å². The molecule has 0 spiro atoms. The van der Waals surface area contributed by atoms with Crippen molar-refractivity contribution < 1.29 is 13.2 Å². The van der Waals surface area contributed by atoms with Gasteiger partial charge in [-0.3, -0.25) is 0 Å². The second kappa shape index (κ2) is 3.73. The molecule has 16 heavy (non-hydrogen) atoms. The number of nitrogens with zero attached hydrogens (tertiary/aromatic N) is 3. The van der Waals surface area contributed by atoms with Crippen molar-refractivity contribution in [3.63, 3.8) is 0 Å². The van der Waals surface area contributed by atoms with E-state index in [0.717, 1.165) is 0 Å². The van der Waals surface area contributed by atoms with Gasteiger partial charge in [-0.15, -0.1) is 0 Å². The number of rotatable bonds is 1. The smallest absolute Gasteiger partial charge is 0.321 e. The highest BCUT2D eigenvalue weighted by molar-refractivity contribution is 5.03. The molecule has 0 bridgehead atoms. The molecule has 0 radical (unpaired) electrons. The first-order valence-corrected chi connectivity index (χ1v) is 5.17. The third-order valence-corrected chi connectivity index (χ3v) is 2.79. The number of fused-ring (bicyclic) bond motifs is 1. The maximum atomic E-state index is 12.6. The van der Waals surface area contributed by atoms with Crippen LogP contribution in [0, 0.1) is 5.92 Å². The summed E-state index contributed by atoms with van der Waals surface area (Å²) < 4.78 is 39.0. The van der Waals surface area contributed by atoms with Crippen LogP contribution in [0.15, 0.2) is 0 Å².